The summed E-state index contributed by atoms with van der Waals surface area (Å²) in [5.41, 5.74) is 15.9. The third-order valence-corrected chi connectivity index (χ3v) is 13.4. The number of benzene rings is 4. The van der Waals surface area contributed by atoms with Crippen molar-refractivity contribution in [3.05, 3.63) is 191 Å². The van der Waals surface area contributed by atoms with E-state index < -0.39 is 0 Å². The summed E-state index contributed by atoms with van der Waals surface area (Å²) in [4.78, 5) is 0. The van der Waals surface area contributed by atoms with Crippen LogP contribution in [-0.4, -0.2) is 9.13 Å². The zero-order chi connectivity index (χ0) is 35.4. The van der Waals surface area contributed by atoms with Crippen molar-refractivity contribution in [2.45, 2.75) is 31.6 Å². The van der Waals surface area contributed by atoms with Crippen LogP contribution in [0.4, 0.5) is 0 Å². The van der Waals surface area contributed by atoms with Gasteiger partial charge in [0.15, 0.2) is 0 Å². The Labute approximate surface area is 311 Å². The Morgan fingerprint density at radius 1 is 0.528 bits per heavy atom. The second-order valence-electron chi connectivity index (χ2n) is 16.0. The van der Waals surface area contributed by atoms with Crippen molar-refractivity contribution in [2.24, 2.45) is 37.8 Å². The summed E-state index contributed by atoms with van der Waals surface area (Å²) in [6, 6.07) is 31.9. The van der Waals surface area contributed by atoms with Gasteiger partial charge in [-0.15, -0.1) is 0 Å². The lowest BCUT2D eigenvalue weighted by atomic mass is 9.60. The summed E-state index contributed by atoms with van der Waals surface area (Å²) < 4.78 is 4.90. The Bertz CT molecular complexity index is 2790. The highest BCUT2D eigenvalue weighted by molar-refractivity contribution is 6.10. The molecule has 6 aromatic rings. The first-order valence-electron chi connectivity index (χ1n) is 19.6. The fourth-order valence-corrected chi connectivity index (χ4v) is 11.1. The van der Waals surface area contributed by atoms with Gasteiger partial charge in [-0.1, -0.05) is 147 Å². The summed E-state index contributed by atoms with van der Waals surface area (Å²) in [5.74, 6) is 2.01. The van der Waals surface area contributed by atoms with Gasteiger partial charge in [-0.2, -0.15) is 0 Å². The molecule has 258 valence electrons. The molecule has 4 aromatic carbocycles. The molecule has 6 unspecified atom stereocenters. The molecule has 2 aromatic heterocycles. The van der Waals surface area contributed by atoms with Gasteiger partial charge in [-0.3, -0.25) is 0 Å². The van der Waals surface area contributed by atoms with Gasteiger partial charge < -0.3 is 9.13 Å². The average Bonchev–Trinajstić information content (AvgIpc) is 3.67. The molecule has 0 bridgehead atoms. The van der Waals surface area contributed by atoms with Crippen LogP contribution >= 0.6 is 0 Å². The van der Waals surface area contributed by atoms with Crippen molar-refractivity contribution in [2.75, 3.05) is 0 Å². The number of fused-ring (bicyclic) bond motifs is 9. The normalized spacial score (nSPS) is 26.2. The molecule has 0 spiro atoms. The van der Waals surface area contributed by atoms with Crippen LogP contribution in [0.5, 0.6) is 0 Å². The molecule has 6 atom stereocenters. The number of para-hydroxylation sites is 4. The Morgan fingerprint density at radius 2 is 1.09 bits per heavy atom. The van der Waals surface area contributed by atoms with Crippen molar-refractivity contribution < 1.29 is 0 Å². The van der Waals surface area contributed by atoms with E-state index in [1.165, 1.54) is 77.9 Å². The number of aromatic nitrogens is 2. The molecule has 5 aliphatic rings. The third-order valence-electron chi connectivity index (χ3n) is 13.4. The zero-order valence-electron chi connectivity index (χ0n) is 30.7. The minimum atomic E-state index is 0.217. The SMILES string of the molecule is CC1CCC2=C(C3=CC=CC4C=CC=CC34)C3=CC=CC(c4cccc5c6ccccc6n(C)c45)C3C=C2C1c1cccc2c3ccccc3n(C)c12. The summed E-state index contributed by atoms with van der Waals surface area (Å²) in [6.45, 7) is 2.51. The standard InChI is InChI=1S/C51H44N2/c1-31-28-29-39-45(48(31)43-25-13-24-42-36-18-7-9-27-47(36)53(3)51(42)43)30-44-34(40-22-12-23-41-35-17-6-8-26-46(35)52(2)50(40)41)19-11-21-38(44)49(39)37-20-10-15-32-14-4-5-16-33(32)37/h4-27,30-34,44,48H,28-29H2,1-3H3. The topological polar surface area (TPSA) is 9.86 Å². The average molecular weight is 685 g/mol. The molecule has 2 heterocycles. The van der Waals surface area contributed by atoms with Crippen LogP contribution in [0.2, 0.25) is 0 Å². The van der Waals surface area contributed by atoms with Gasteiger partial charge in [-0.05, 0) is 69.9 Å². The molecule has 5 aliphatic carbocycles. The molecule has 0 amide bonds. The molecule has 2 nitrogen and oxygen atoms in total. The van der Waals surface area contributed by atoms with Crippen LogP contribution < -0.4 is 0 Å². The van der Waals surface area contributed by atoms with E-state index in [1.54, 1.807) is 11.1 Å². The van der Waals surface area contributed by atoms with Crippen LogP contribution in [0.3, 0.4) is 0 Å². The van der Waals surface area contributed by atoms with Gasteiger partial charge in [-0.25, -0.2) is 0 Å². The van der Waals surface area contributed by atoms with Crippen LogP contribution in [0.25, 0.3) is 43.6 Å². The van der Waals surface area contributed by atoms with Crippen molar-refractivity contribution in [1.82, 2.24) is 9.13 Å². The number of hydrogen-bond acceptors (Lipinski definition) is 0. The fourth-order valence-electron chi connectivity index (χ4n) is 11.1. The molecule has 0 N–H and O–H groups in total. The van der Waals surface area contributed by atoms with E-state index in [4.69, 9.17) is 0 Å². The summed E-state index contributed by atoms with van der Waals surface area (Å²) in [6.07, 6.45) is 28.9. The van der Waals surface area contributed by atoms with E-state index in [0.717, 1.165) is 6.42 Å². The lowest BCUT2D eigenvalue weighted by molar-refractivity contribution is 0.431. The van der Waals surface area contributed by atoms with E-state index in [9.17, 15) is 0 Å². The quantitative estimate of drug-likeness (QED) is 0.176. The second kappa shape index (κ2) is 11.7. The minimum absolute atomic E-state index is 0.217. The monoisotopic (exact) mass is 684 g/mol. The summed E-state index contributed by atoms with van der Waals surface area (Å²) in [7, 11) is 4.53. The van der Waals surface area contributed by atoms with Gasteiger partial charge in [0, 0.05) is 76.3 Å². The van der Waals surface area contributed by atoms with E-state index in [2.05, 4.69) is 182 Å². The Balaban J connectivity index is 1.17. The van der Waals surface area contributed by atoms with Crippen molar-refractivity contribution in [3.63, 3.8) is 0 Å². The maximum absolute atomic E-state index is 2.75. The van der Waals surface area contributed by atoms with Crippen LogP contribution in [0.15, 0.2) is 180 Å². The van der Waals surface area contributed by atoms with E-state index in [1.807, 2.05) is 0 Å². The zero-order valence-corrected chi connectivity index (χ0v) is 30.7. The van der Waals surface area contributed by atoms with Crippen molar-refractivity contribution in [3.8, 4) is 0 Å². The predicted molar refractivity (Wildman–Crippen MR) is 223 cm³/mol. The summed E-state index contributed by atoms with van der Waals surface area (Å²) in [5, 5.41) is 5.39. The number of aryl methyl sites for hydroxylation is 2. The van der Waals surface area contributed by atoms with Crippen molar-refractivity contribution in [1.29, 1.82) is 0 Å². The maximum atomic E-state index is 2.75. The molecule has 11 rings (SSSR count). The predicted octanol–water partition coefficient (Wildman–Crippen LogP) is 12.5. The lowest BCUT2D eigenvalue weighted by Gasteiger charge is -2.44. The number of hydrogen-bond donors (Lipinski definition) is 0. The first-order chi connectivity index (χ1) is 26.1. The fraction of sp³-hybridized carbons (Fsp3) is 0.216. The Hall–Kier alpha value is -5.60. The van der Waals surface area contributed by atoms with E-state index in [-0.39, 0.29) is 11.8 Å². The largest absolute Gasteiger partial charge is 0.343 e. The maximum Gasteiger partial charge on any atom is 0.0527 e. The molecule has 0 aliphatic heterocycles. The molecule has 53 heavy (non-hydrogen) atoms. The second-order valence-corrected chi connectivity index (χ2v) is 16.0. The Kier molecular flexibility index (Phi) is 6.84. The van der Waals surface area contributed by atoms with Gasteiger partial charge >= 0.3 is 0 Å². The van der Waals surface area contributed by atoms with E-state index >= 15 is 0 Å². The first-order valence-corrected chi connectivity index (χ1v) is 19.6. The highest BCUT2D eigenvalue weighted by atomic mass is 14.9. The molecule has 1 saturated carbocycles. The number of rotatable bonds is 3. The van der Waals surface area contributed by atoms with Crippen LogP contribution in [0.1, 0.15) is 42.7 Å². The van der Waals surface area contributed by atoms with Crippen LogP contribution in [-0.2, 0) is 14.1 Å². The molecule has 0 radical (unpaired) electrons. The van der Waals surface area contributed by atoms with Gasteiger partial charge in [0.25, 0.3) is 0 Å². The number of allylic oxidation sites excluding steroid dienone is 16. The highest BCUT2D eigenvalue weighted by Crippen LogP contribution is 2.57. The summed E-state index contributed by atoms with van der Waals surface area (Å²) >= 11 is 0. The molecular formula is C51H44N2. The van der Waals surface area contributed by atoms with Gasteiger partial charge in [0.1, 0.15) is 0 Å². The third kappa shape index (κ3) is 4.39. The highest BCUT2D eigenvalue weighted by Gasteiger charge is 2.42. The van der Waals surface area contributed by atoms with Crippen molar-refractivity contribution >= 4 is 43.6 Å². The first kappa shape index (κ1) is 31.0. The molecule has 0 saturated heterocycles. The number of nitrogens with zero attached hydrogens (tertiary/aromatic N) is 2. The smallest absolute Gasteiger partial charge is 0.0527 e. The molecular weight excluding hydrogens is 641 g/mol. The van der Waals surface area contributed by atoms with Gasteiger partial charge in [0.05, 0.1) is 11.0 Å². The Morgan fingerprint density at radius 3 is 1.83 bits per heavy atom. The molecule has 1 fully saturated rings. The molecule has 2 heteroatoms. The lowest BCUT2D eigenvalue weighted by Crippen LogP contribution is -2.30. The van der Waals surface area contributed by atoms with Crippen LogP contribution in [0, 0.1) is 23.7 Å². The minimum Gasteiger partial charge on any atom is -0.343 e. The van der Waals surface area contributed by atoms with Gasteiger partial charge in [0.2, 0.25) is 0 Å². The van der Waals surface area contributed by atoms with E-state index in [0.29, 0.717) is 23.7 Å².